The zero-order valence-corrected chi connectivity index (χ0v) is 11.7. The summed E-state index contributed by atoms with van der Waals surface area (Å²) < 4.78 is 5.23. The third-order valence-corrected chi connectivity index (χ3v) is 4.48. The van der Waals surface area contributed by atoms with Crippen LogP contribution in [0.5, 0.6) is 0 Å². The molecule has 0 aromatic heterocycles. The number of rotatable bonds is 5. The topological polar surface area (TPSA) is 72.6 Å². The van der Waals surface area contributed by atoms with Gasteiger partial charge in [-0.2, -0.15) is 0 Å². The number of primary amides is 1. The molecule has 1 aliphatic heterocycles. The molecule has 108 valence electrons. The first kappa shape index (κ1) is 14.3. The van der Waals surface area contributed by atoms with Gasteiger partial charge in [-0.15, -0.1) is 0 Å². The Hall–Kier alpha value is -1.10. The molecule has 2 rings (SSSR count). The number of likely N-dealkylation sites (tertiary alicyclic amines) is 1. The standard InChI is InChI=1S/C14H24N2O3/c1-19-10-14(5-3-6-14)13(18)16-7-2-4-11(9-16)8-12(15)17/h11H,2-10H2,1H3,(H2,15,17)/t11-/m1/s1. The summed E-state index contributed by atoms with van der Waals surface area (Å²) in [7, 11) is 1.65. The van der Waals surface area contributed by atoms with Gasteiger partial charge in [0, 0.05) is 26.6 Å². The van der Waals surface area contributed by atoms with Crippen LogP contribution in [0, 0.1) is 11.3 Å². The molecule has 1 saturated heterocycles. The van der Waals surface area contributed by atoms with Crippen molar-refractivity contribution in [3.05, 3.63) is 0 Å². The number of hydrogen-bond acceptors (Lipinski definition) is 3. The van der Waals surface area contributed by atoms with Crippen molar-refractivity contribution < 1.29 is 14.3 Å². The fourth-order valence-corrected chi connectivity index (χ4v) is 3.34. The third-order valence-electron chi connectivity index (χ3n) is 4.48. The molecule has 5 nitrogen and oxygen atoms in total. The average Bonchev–Trinajstić information content (AvgIpc) is 2.32. The van der Waals surface area contributed by atoms with Gasteiger partial charge in [0.1, 0.15) is 0 Å². The number of ether oxygens (including phenoxy) is 1. The molecule has 1 atom stereocenters. The number of nitrogens with zero attached hydrogens (tertiary/aromatic N) is 1. The predicted molar refractivity (Wildman–Crippen MR) is 71.3 cm³/mol. The predicted octanol–water partition coefficient (Wildman–Crippen LogP) is 0.917. The summed E-state index contributed by atoms with van der Waals surface area (Å²) >= 11 is 0. The van der Waals surface area contributed by atoms with Crippen molar-refractivity contribution in [3.8, 4) is 0 Å². The van der Waals surface area contributed by atoms with Gasteiger partial charge >= 0.3 is 0 Å². The van der Waals surface area contributed by atoms with E-state index in [-0.39, 0.29) is 23.1 Å². The zero-order chi connectivity index (χ0) is 13.9. The van der Waals surface area contributed by atoms with Gasteiger partial charge in [-0.1, -0.05) is 6.42 Å². The van der Waals surface area contributed by atoms with Crippen LogP contribution in [-0.4, -0.2) is 43.5 Å². The van der Waals surface area contributed by atoms with Crippen LogP contribution in [0.25, 0.3) is 0 Å². The van der Waals surface area contributed by atoms with Gasteiger partial charge in [0.25, 0.3) is 0 Å². The SMILES string of the molecule is COCC1(C(=O)N2CCC[C@H](CC(N)=O)C2)CCC1. The fourth-order valence-electron chi connectivity index (χ4n) is 3.34. The number of carbonyl (C=O) groups is 2. The molecule has 2 amide bonds. The Morgan fingerprint density at radius 2 is 2.11 bits per heavy atom. The van der Waals surface area contributed by atoms with E-state index in [0.717, 1.165) is 38.6 Å². The van der Waals surface area contributed by atoms with Crippen molar-refractivity contribution in [1.29, 1.82) is 0 Å². The van der Waals surface area contributed by atoms with Crippen LogP contribution in [0.2, 0.25) is 0 Å². The largest absolute Gasteiger partial charge is 0.384 e. The van der Waals surface area contributed by atoms with Crippen LogP contribution in [0.15, 0.2) is 0 Å². The van der Waals surface area contributed by atoms with E-state index < -0.39 is 0 Å². The van der Waals surface area contributed by atoms with Crippen LogP contribution < -0.4 is 5.73 Å². The van der Waals surface area contributed by atoms with Gasteiger partial charge in [-0.25, -0.2) is 0 Å². The maximum atomic E-state index is 12.7. The first-order valence-corrected chi connectivity index (χ1v) is 7.14. The lowest BCUT2D eigenvalue weighted by molar-refractivity contribution is -0.154. The monoisotopic (exact) mass is 268 g/mol. The molecule has 2 fully saturated rings. The lowest BCUT2D eigenvalue weighted by Gasteiger charge is -2.45. The maximum absolute atomic E-state index is 12.7. The Labute approximate surface area is 114 Å². The fraction of sp³-hybridized carbons (Fsp3) is 0.857. The maximum Gasteiger partial charge on any atom is 0.231 e. The molecule has 0 spiro atoms. The van der Waals surface area contributed by atoms with E-state index in [1.165, 1.54) is 0 Å². The van der Waals surface area contributed by atoms with E-state index in [1.807, 2.05) is 4.90 Å². The summed E-state index contributed by atoms with van der Waals surface area (Å²) in [5, 5.41) is 0. The number of amides is 2. The second-order valence-corrected chi connectivity index (χ2v) is 6.00. The summed E-state index contributed by atoms with van der Waals surface area (Å²) in [5.74, 6) is 0.180. The number of nitrogens with two attached hydrogens (primary N) is 1. The normalized spacial score (nSPS) is 25.7. The van der Waals surface area contributed by atoms with Gasteiger partial charge < -0.3 is 15.4 Å². The Balaban J connectivity index is 1.96. The van der Waals surface area contributed by atoms with E-state index in [2.05, 4.69) is 0 Å². The third kappa shape index (κ3) is 3.08. The Morgan fingerprint density at radius 1 is 1.37 bits per heavy atom. The van der Waals surface area contributed by atoms with Gasteiger partial charge in [-0.3, -0.25) is 9.59 Å². The molecule has 0 bridgehead atoms. The molecule has 0 unspecified atom stereocenters. The lowest BCUT2D eigenvalue weighted by atomic mass is 9.68. The van der Waals surface area contributed by atoms with Gasteiger partial charge in [0.15, 0.2) is 0 Å². The van der Waals surface area contributed by atoms with Crippen molar-refractivity contribution >= 4 is 11.8 Å². The van der Waals surface area contributed by atoms with E-state index in [1.54, 1.807) is 7.11 Å². The molecular weight excluding hydrogens is 244 g/mol. The molecule has 1 heterocycles. The molecule has 1 saturated carbocycles. The molecule has 0 radical (unpaired) electrons. The quantitative estimate of drug-likeness (QED) is 0.805. The van der Waals surface area contributed by atoms with Crippen LogP contribution in [0.3, 0.4) is 0 Å². The second kappa shape index (κ2) is 5.90. The minimum atomic E-state index is -0.288. The van der Waals surface area contributed by atoms with Crippen LogP contribution in [0.4, 0.5) is 0 Å². The summed E-state index contributed by atoms with van der Waals surface area (Å²) in [5.41, 5.74) is 4.96. The highest BCUT2D eigenvalue weighted by Gasteiger charge is 2.46. The molecule has 5 heteroatoms. The summed E-state index contributed by atoms with van der Waals surface area (Å²) in [6, 6.07) is 0. The molecule has 0 aromatic carbocycles. The molecule has 2 N–H and O–H groups in total. The average molecular weight is 268 g/mol. The van der Waals surface area contributed by atoms with Crippen molar-refractivity contribution in [3.63, 3.8) is 0 Å². The van der Waals surface area contributed by atoms with E-state index in [9.17, 15) is 9.59 Å². The summed E-state index contributed by atoms with van der Waals surface area (Å²) in [4.78, 5) is 25.6. The van der Waals surface area contributed by atoms with Crippen molar-refractivity contribution in [2.75, 3.05) is 26.8 Å². The summed E-state index contributed by atoms with van der Waals surface area (Å²) in [6.07, 6.45) is 5.30. The molecule has 0 aromatic rings. The van der Waals surface area contributed by atoms with Crippen LogP contribution in [0.1, 0.15) is 38.5 Å². The van der Waals surface area contributed by atoms with Crippen molar-refractivity contribution in [2.45, 2.75) is 38.5 Å². The highest BCUT2D eigenvalue weighted by atomic mass is 16.5. The number of methoxy groups -OCH3 is 1. The Kier molecular flexibility index (Phi) is 4.45. The second-order valence-electron chi connectivity index (χ2n) is 6.00. The minimum Gasteiger partial charge on any atom is -0.384 e. The number of carbonyl (C=O) groups excluding carboxylic acids is 2. The zero-order valence-electron chi connectivity index (χ0n) is 11.7. The summed E-state index contributed by atoms with van der Waals surface area (Å²) in [6.45, 7) is 2.00. The number of piperidine rings is 1. The van der Waals surface area contributed by atoms with Gasteiger partial charge in [-0.05, 0) is 31.6 Å². The molecular formula is C14H24N2O3. The van der Waals surface area contributed by atoms with Crippen LogP contribution in [-0.2, 0) is 14.3 Å². The Morgan fingerprint density at radius 3 is 2.63 bits per heavy atom. The highest BCUT2D eigenvalue weighted by Crippen LogP contribution is 2.43. The lowest BCUT2D eigenvalue weighted by Crippen LogP contribution is -2.53. The van der Waals surface area contributed by atoms with E-state index >= 15 is 0 Å². The first-order chi connectivity index (χ1) is 9.07. The Bertz CT molecular complexity index is 353. The smallest absolute Gasteiger partial charge is 0.231 e. The minimum absolute atomic E-state index is 0.217. The van der Waals surface area contributed by atoms with E-state index in [4.69, 9.17) is 10.5 Å². The van der Waals surface area contributed by atoms with Gasteiger partial charge in [0.05, 0.1) is 12.0 Å². The molecule has 2 aliphatic rings. The van der Waals surface area contributed by atoms with Crippen LogP contribution >= 0.6 is 0 Å². The van der Waals surface area contributed by atoms with Crippen molar-refractivity contribution in [1.82, 2.24) is 4.90 Å². The van der Waals surface area contributed by atoms with Crippen molar-refractivity contribution in [2.24, 2.45) is 17.1 Å². The van der Waals surface area contributed by atoms with Gasteiger partial charge in [0.2, 0.25) is 11.8 Å². The molecule has 1 aliphatic carbocycles. The highest BCUT2D eigenvalue weighted by molar-refractivity contribution is 5.84. The molecule has 19 heavy (non-hydrogen) atoms. The first-order valence-electron chi connectivity index (χ1n) is 7.14. The number of hydrogen-bond donors (Lipinski definition) is 1. The van der Waals surface area contributed by atoms with E-state index in [0.29, 0.717) is 19.6 Å².